The van der Waals surface area contributed by atoms with Gasteiger partial charge in [0.1, 0.15) is 0 Å². The minimum atomic E-state index is -1.22. The molecule has 1 rings (SSSR count). The summed E-state index contributed by atoms with van der Waals surface area (Å²) < 4.78 is 0. The summed E-state index contributed by atoms with van der Waals surface area (Å²) in [6.45, 7) is 0. The van der Waals surface area contributed by atoms with Crippen molar-refractivity contribution in [2.24, 2.45) is 0 Å². The molecule has 1 aromatic heterocycles. The number of rotatable bonds is 2. The zero-order chi connectivity index (χ0) is 12.3. The third-order valence-electron chi connectivity index (χ3n) is 1.60. The molecule has 9 heteroatoms. The summed E-state index contributed by atoms with van der Waals surface area (Å²) in [7, 11) is 0. The van der Waals surface area contributed by atoms with E-state index in [1.54, 1.807) is 0 Å². The predicted molar refractivity (Wildman–Crippen MR) is 43.7 cm³/mol. The molecule has 0 aliphatic rings. The number of carbonyl (C=O) groups is 2. The molecular weight excluding hydrogens is 222 g/mol. The van der Waals surface area contributed by atoms with Crippen LogP contribution in [0.15, 0.2) is 18.5 Å². The van der Waals surface area contributed by atoms with Crippen LogP contribution in [0.2, 0.25) is 0 Å². The minimum Gasteiger partial charge on any atom is -0.264 e. The second-order valence-electron chi connectivity index (χ2n) is 2.65. The molecule has 0 aliphatic carbocycles. The number of hydrogen-bond donors (Lipinski definition) is 4. The van der Waals surface area contributed by atoms with Crippen molar-refractivity contribution in [1.82, 2.24) is 15.4 Å². The molecule has 1 aromatic rings. The fraction of sp³-hybridized carbons (Fsp3) is 0. The van der Waals surface area contributed by atoms with Crippen molar-refractivity contribution in [2.75, 3.05) is 0 Å². The monoisotopic (exact) mass is 229 g/mol. The zero-order valence-corrected chi connectivity index (χ0v) is 7.68. The molecule has 0 unspecified atom stereocenters. The molecule has 0 radical (unpaired) electrons. The Hall–Kier alpha value is -2.07. The van der Waals surface area contributed by atoms with Gasteiger partial charge in [-0.05, 0) is 6.07 Å². The Bertz CT molecular complexity index is 383. The molecule has 0 saturated carbocycles. The third-order valence-corrected chi connectivity index (χ3v) is 1.60. The van der Waals surface area contributed by atoms with Crippen molar-refractivity contribution >= 4 is 11.8 Å². The largest absolute Gasteiger partial charge is 0.305 e. The van der Waals surface area contributed by atoms with Crippen LogP contribution < -0.4 is 0 Å². The fourth-order valence-electron chi connectivity index (χ4n) is 0.905. The van der Waals surface area contributed by atoms with Gasteiger partial charge in [-0.3, -0.25) is 35.4 Å². The zero-order valence-electron chi connectivity index (χ0n) is 7.68. The normalized spacial score (nSPS) is 9.75. The molecule has 86 valence electrons. The Morgan fingerprint density at radius 1 is 0.938 bits per heavy atom. The van der Waals surface area contributed by atoms with E-state index in [0.717, 1.165) is 18.5 Å². The average molecular weight is 229 g/mol. The maximum atomic E-state index is 11.0. The Balaban J connectivity index is 3.05. The molecule has 0 aliphatic heterocycles. The van der Waals surface area contributed by atoms with E-state index >= 15 is 0 Å². The molecule has 0 saturated heterocycles. The van der Waals surface area contributed by atoms with Gasteiger partial charge < -0.3 is 0 Å². The molecule has 1 heterocycles. The van der Waals surface area contributed by atoms with Crippen LogP contribution in [0.1, 0.15) is 20.7 Å². The van der Waals surface area contributed by atoms with Crippen molar-refractivity contribution in [3.05, 3.63) is 29.6 Å². The highest BCUT2D eigenvalue weighted by Crippen LogP contribution is 2.06. The fourth-order valence-corrected chi connectivity index (χ4v) is 0.905. The number of amides is 2. The predicted octanol–water partition coefficient (Wildman–Crippen LogP) is -0.477. The summed E-state index contributed by atoms with van der Waals surface area (Å²) in [5.74, 6) is -2.44. The van der Waals surface area contributed by atoms with Gasteiger partial charge in [0.25, 0.3) is 0 Å². The van der Waals surface area contributed by atoms with Gasteiger partial charge in [-0.2, -0.15) is 0 Å². The van der Waals surface area contributed by atoms with Gasteiger partial charge >= 0.3 is 11.8 Å². The van der Waals surface area contributed by atoms with E-state index in [0.29, 0.717) is 0 Å². The lowest BCUT2D eigenvalue weighted by Crippen LogP contribution is -2.26. The topological polar surface area (TPSA) is 134 Å². The van der Waals surface area contributed by atoms with Crippen LogP contribution in [-0.2, 0) is 0 Å². The molecule has 0 fully saturated rings. The van der Waals surface area contributed by atoms with Crippen LogP contribution in [0.25, 0.3) is 0 Å². The van der Waals surface area contributed by atoms with Crippen molar-refractivity contribution in [3.8, 4) is 0 Å². The second kappa shape index (κ2) is 4.63. The van der Waals surface area contributed by atoms with Crippen molar-refractivity contribution in [2.45, 2.75) is 0 Å². The molecule has 0 aromatic carbocycles. The number of aromatic nitrogens is 1. The Morgan fingerprint density at radius 2 is 1.31 bits per heavy atom. The highest BCUT2D eigenvalue weighted by atomic mass is 16.8. The van der Waals surface area contributed by atoms with E-state index in [9.17, 15) is 9.59 Å². The number of pyridine rings is 1. The number of hydroxylamine groups is 4. The van der Waals surface area contributed by atoms with Crippen LogP contribution in [0.4, 0.5) is 0 Å². The van der Waals surface area contributed by atoms with E-state index in [1.807, 2.05) is 0 Å². The SMILES string of the molecule is O=C(c1cncc(C(=O)N(O)O)c1)N(O)O. The van der Waals surface area contributed by atoms with E-state index in [1.165, 1.54) is 0 Å². The molecule has 4 N–H and O–H groups in total. The average Bonchev–Trinajstić information content (AvgIpc) is 2.26. The second-order valence-corrected chi connectivity index (χ2v) is 2.65. The lowest BCUT2D eigenvalue weighted by atomic mass is 10.2. The molecule has 0 atom stereocenters. The maximum absolute atomic E-state index is 11.0. The Labute approximate surface area is 88.2 Å². The molecule has 0 bridgehead atoms. The van der Waals surface area contributed by atoms with E-state index in [4.69, 9.17) is 20.8 Å². The van der Waals surface area contributed by atoms with Gasteiger partial charge in [0.05, 0.1) is 11.1 Å². The summed E-state index contributed by atoms with van der Waals surface area (Å²) in [5, 5.41) is 32.4. The third kappa shape index (κ3) is 2.49. The first kappa shape index (κ1) is 12.0. The van der Waals surface area contributed by atoms with Crippen molar-refractivity contribution < 1.29 is 30.4 Å². The van der Waals surface area contributed by atoms with Crippen LogP contribution >= 0.6 is 0 Å². The quantitative estimate of drug-likeness (QED) is 0.397. The summed E-state index contributed by atoms with van der Waals surface area (Å²) in [6, 6.07) is 0.913. The Kier molecular flexibility index (Phi) is 3.48. The molecule has 2 amide bonds. The van der Waals surface area contributed by atoms with Crippen LogP contribution in [-0.4, -0.2) is 48.1 Å². The van der Waals surface area contributed by atoms with Gasteiger partial charge in [-0.25, -0.2) is 0 Å². The van der Waals surface area contributed by atoms with Gasteiger partial charge in [-0.15, -0.1) is 0 Å². The van der Waals surface area contributed by atoms with Crippen molar-refractivity contribution in [1.29, 1.82) is 0 Å². The summed E-state index contributed by atoms with van der Waals surface area (Å²) in [5.41, 5.74) is -0.615. The van der Waals surface area contributed by atoms with E-state index in [-0.39, 0.29) is 11.1 Å². The van der Waals surface area contributed by atoms with Crippen LogP contribution in [0.3, 0.4) is 0 Å². The van der Waals surface area contributed by atoms with E-state index < -0.39 is 22.3 Å². The van der Waals surface area contributed by atoms with Gasteiger partial charge in [0.15, 0.2) is 0 Å². The molecule has 9 nitrogen and oxygen atoms in total. The molecule has 16 heavy (non-hydrogen) atoms. The lowest BCUT2D eigenvalue weighted by molar-refractivity contribution is -0.260. The first-order valence-electron chi connectivity index (χ1n) is 3.83. The summed E-state index contributed by atoms with van der Waals surface area (Å²) >= 11 is 0. The van der Waals surface area contributed by atoms with Crippen LogP contribution in [0.5, 0.6) is 0 Å². The van der Waals surface area contributed by atoms with Crippen molar-refractivity contribution in [3.63, 3.8) is 0 Å². The van der Waals surface area contributed by atoms with Gasteiger partial charge in [0, 0.05) is 12.4 Å². The van der Waals surface area contributed by atoms with E-state index in [2.05, 4.69) is 4.98 Å². The first-order chi connectivity index (χ1) is 7.43. The maximum Gasteiger partial charge on any atom is 0.305 e. The smallest absolute Gasteiger partial charge is 0.264 e. The highest BCUT2D eigenvalue weighted by molar-refractivity contribution is 5.97. The first-order valence-corrected chi connectivity index (χ1v) is 3.83. The standard InChI is InChI=1S/C7H7N3O6/c11-6(9(13)14)4-1-5(3-8-2-4)7(12)10(15)16/h1-3,13-16H. The van der Waals surface area contributed by atoms with Crippen LogP contribution in [0, 0.1) is 0 Å². The number of nitrogens with zero attached hydrogens (tertiary/aromatic N) is 3. The Morgan fingerprint density at radius 3 is 1.62 bits per heavy atom. The highest BCUT2D eigenvalue weighted by Gasteiger charge is 2.17. The minimum absolute atomic E-state index is 0.308. The van der Waals surface area contributed by atoms with Gasteiger partial charge in [-0.1, -0.05) is 10.5 Å². The number of carbonyl (C=O) groups excluding carboxylic acids is 2. The molecular formula is C7H7N3O6. The lowest BCUT2D eigenvalue weighted by Gasteiger charge is -2.08. The summed E-state index contributed by atoms with van der Waals surface area (Å²) in [4.78, 5) is 25.5. The number of hydrogen-bond acceptors (Lipinski definition) is 7. The van der Waals surface area contributed by atoms with Gasteiger partial charge in [0.2, 0.25) is 0 Å². The molecule has 0 spiro atoms. The summed E-state index contributed by atoms with van der Waals surface area (Å²) in [6.07, 6.45) is 1.94.